The first-order valence-corrected chi connectivity index (χ1v) is 7.93. The number of likely N-dealkylation sites (tertiary alicyclic amines) is 1. The molecule has 4 heteroatoms. The molecular formula is C16H32N2O2. The number of aliphatic hydroxyl groups is 1. The summed E-state index contributed by atoms with van der Waals surface area (Å²) in [6.07, 6.45) is 2.34. The molecule has 2 aliphatic heterocycles. The van der Waals surface area contributed by atoms with Crippen molar-refractivity contribution >= 4 is 0 Å². The lowest BCUT2D eigenvalue weighted by Crippen LogP contribution is -2.66. The summed E-state index contributed by atoms with van der Waals surface area (Å²) in [5.41, 5.74) is -0.0722. The van der Waals surface area contributed by atoms with Gasteiger partial charge in [-0.15, -0.1) is 0 Å². The van der Waals surface area contributed by atoms with Crippen LogP contribution in [0.15, 0.2) is 0 Å². The summed E-state index contributed by atoms with van der Waals surface area (Å²) in [5, 5.41) is 9.92. The van der Waals surface area contributed by atoms with Gasteiger partial charge in [0.2, 0.25) is 0 Å². The lowest BCUT2D eigenvalue weighted by atomic mass is 9.82. The van der Waals surface area contributed by atoms with Crippen LogP contribution in [0.3, 0.4) is 0 Å². The maximum atomic E-state index is 9.92. The Morgan fingerprint density at radius 3 is 1.85 bits per heavy atom. The molecule has 1 N–H and O–H groups in total. The first-order valence-electron chi connectivity index (χ1n) is 7.93. The van der Waals surface area contributed by atoms with E-state index in [0.717, 1.165) is 45.8 Å². The van der Waals surface area contributed by atoms with Crippen LogP contribution in [0.4, 0.5) is 0 Å². The number of ether oxygens (including phenoxy) is 1. The van der Waals surface area contributed by atoms with Gasteiger partial charge >= 0.3 is 0 Å². The highest BCUT2D eigenvalue weighted by atomic mass is 16.5. The number of hydrogen-bond acceptors (Lipinski definition) is 4. The monoisotopic (exact) mass is 284 g/mol. The minimum Gasteiger partial charge on any atom is -0.388 e. The van der Waals surface area contributed by atoms with Gasteiger partial charge in [0.05, 0.1) is 18.8 Å². The second-order valence-electron chi connectivity index (χ2n) is 8.08. The summed E-state index contributed by atoms with van der Waals surface area (Å²) in [5.74, 6) is 0. The van der Waals surface area contributed by atoms with Crippen molar-refractivity contribution in [3.05, 3.63) is 0 Å². The molecule has 0 spiro atoms. The van der Waals surface area contributed by atoms with Crippen LogP contribution < -0.4 is 0 Å². The van der Waals surface area contributed by atoms with Crippen molar-refractivity contribution < 1.29 is 9.84 Å². The van der Waals surface area contributed by atoms with Gasteiger partial charge in [-0.05, 0) is 47.5 Å². The maximum absolute atomic E-state index is 9.92. The molecule has 0 aliphatic carbocycles. The SMILES string of the molecule is CC1(O)CN(C(C)(C)CCC(C)(C)N2CCOCC2)C1. The van der Waals surface area contributed by atoms with Crippen molar-refractivity contribution in [3.8, 4) is 0 Å². The van der Waals surface area contributed by atoms with E-state index >= 15 is 0 Å². The second kappa shape index (κ2) is 5.56. The lowest BCUT2D eigenvalue weighted by molar-refractivity contribution is -0.128. The Labute approximate surface area is 124 Å². The van der Waals surface area contributed by atoms with Gasteiger partial charge in [-0.3, -0.25) is 9.80 Å². The standard InChI is InChI=1S/C16H32N2O2/c1-14(2,17-8-10-20-11-9-17)6-7-15(3,4)18-12-16(5,19)13-18/h19H,6-13H2,1-5H3. The number of rotatable bonds is 5. The highest BCUT2D eigenvalue weighted by Gasteiger charge is 2.44. The summed E-state index contributed by atoms with van der Waals surface area (Å²) in [6.45, 7) is 16.7. The minimum absolute atomic E-state index is 0.172. The molecule has 0 aromatic rings. The third-order valence-electron chi connectivity index (χ3n) is 5.13. The summed E-state index contributed by atoms with van der Waals surface area (Å²) in [6, 6.07) is 0. The molecule has 0 amide bonds. The zero-order valence-corrected chi connectivity index (χ0v) is 13.9. The predicted octanol–water partition coefficient (Wildman–Crippen LogP) is 1.72. The Kier molecular flexibility index (Phi) is 4.51. The molecule has 0 radical (unpaired) electrons. The first-order chi connectivity index (χ1) is 9.12. The normalized spacial score (nSPS) is 25.5. The topological polar surface area (TPSA) is 35.9 Å². The van der Waals surface area contributed by atoms with Gasteiger partial charge in [-0.1, -0.05) is 0 Å². The molecule has 0 aromatic carbocycles. The summed E-state index contributed by atoms with van der Waals surface area (Å²) in [7, 11) is 0. The van der Waals surface area contributed by atoms with Crippen molar-refractivity contribution in [3.63, 3.8) is 0 Å². The van der Waals surface area contributed by atoms with Crippen LogP contribution in [-0.2, 0) is 4.74 Å². The Hall–Kier alpha value is -0.160. The Balaban J connectivity index is 1.83. The van der Waals surface area contributed by atoms with E-state index < -0.39 is 5.60 Å². The molecule has 2 saturated heterocycles. The number of hydrogen-bond donors (Lipinski definition) is 1. The van der Waals surface area contributed by atoms with Gasteiger partial charge in [0.1, 0.15) is 0 Å². The minimum atomic E-state index is -0.475. The van der Waals surface area contributed by atoms with Crippen molar-refractivity contribution in [2.45, 2.75) is 64.1 Å². The number of nitrogens with zero attached hydrogens (tertiary/aromatic N) is 2. The van der Waals surface area contributed by atoms with Crippen LogP contribution in [0.25, 0.3) is 0 Å². The van der Waals surface area contributed by atoms with Gasteiger partial charge in [-0.2, -0.15) is 0 Å². The van der Waals surface area contributed by atoms with Gasteiger partial charge in [0, 0.05) is 37.3 Å². The van der Waals surface area contributed by atoms with E-state index in [4.69, 9.17) is 4.74 Å². The van der Waals surface area contributed by atoms with Crippen LogP contribution in [0, 0.1) is 0 Å². The first kappa shape index (κ1) is 16.2. The van der Waals surface area contributed by atoms with E-state index in [-0.39, 0.29) is 11.1 Å². The molecule has 2 aliphatic rings. The fraction of sp³-hybridized carbons (Fsp3) is 1.00. The van der Waals surface area contributed by atoms with Crippen molar-refractivity contribution in [1.82, 2.24) is 9.80 Å². The van der Waals surface area contributed by atoms with Gasteiger partial charge in [0.15, 0.2) is 0 Å². The molecule has 118 valence electrons. The average Bonchev–Trinajstić information content (AvgIpc) is 2.35. The van der Waals surface area contributed by atoms with Crippen molar-refractivity contribution in [2.75, 3.05) is 39.4 Å². The van der Waals surface area contributed by atoms with Crippen LogP contribution in [0.5, 0.6) is 0 Å². The van der Waals surface area contributed by atoms with E-state index in [9.17, 15) is 5.11 Å². The van der Waals surface area contributed by atoms with E-state index in [2.05, 4.69) is 37.5 Å². The van der Waals surface area contributed by atoms with E-state index in [1.165, 1.54) is 6.42 Å². The highest BCUT2D eigenvalue weighted by Crippen LogP contribution is 2.34. The van der Waals surface area contributed by atoms with Gasteiger partial charge < -0.3 is 9.84 Å². The van der Waals surface area contributed by atoms with Crippen LogP contribution in [-0.4, -0.2) is 71.0 Å². The van der Waals surface area contributed by atoms with Crippen molar-refractivity contribution in [2.24, 2.45) is 0 Å². The van der Waals surface area contributed by atoms with Crippen LogP contribution in [0.2, 0.25) is 0 Å². The van der Waals surface area contributed by atoms with Gasteiger partial charge in [-0.25, -0.2) is 0 Å². The molecule has 2 fully saturated rings. The van der Waals surface area contributed by atoms with E-state index in [1.54, 1.807) is 0 Å². The molecule has 2 heterocycles. The fourth-order valence-electron chi connectivity index (χ4n) is 3.30. The van der Waals surface area contributed by atoms with Gasteiger partial charge in [0.25, 0.3) is 0 Å². The zero-order chi connectivity index (χ0) is 15.0. The lowest BCUT2D eigenvalue weighted by Gasteiger charge is -2.53. The molecule has 0 unspecified atom stereocenters. The predicted molar refractivity (Wildman–Crippen MR) is 82.0 cm³/mol. The Morgan fingerprint density at radius 1 is 0.950 bits per heavy atom. The average molecular weight is 284 g/mol. The largest absolute Gasteiger partial charge is 0.388 e. The number of β-amino-alcohol motifs (C(OH)–C–C–N with tert-alkyl or cyclic N) is 1. The smallest absolute Gasteiger partial charge is 0.0872 e. The Morgan fingerprint density at radius 2 is 1.40 bits per heavy atom. The summed E-state index contributed by atoms with van der Waals surface area (Å²) >= 11 is 0. The molecular weight excluding hydrogens is 252 g/mol. The van der Waals surface area contributed by atoms with Crippen LogP contribution >= 0.6 is 0 Å². The van der Waals surface area contributed by atoms with E-state index in [0.29, 0.717) is 0 Å². The quantitative estimate of drug-likeness (QED) is 0.834. The third-order valence-corrected chi connectivity index (χ3v) is 5.13. The molecule has 4 nitrogen and oxygen atoms in total. The fourth-order valence-corrected chi connectivity index (χ4v) is 3.30. The molecule has 0 saturated carbocycles. The second-order valence-corrected chi connectivity index (χ2v) is 8.08. The highest BCUT2D eigenvalue weighted by molar-refractivity contribution is 5.00. The molecule has 0 atom stereocenters. The Bertz CT molecular complexity index is 325. The summed E-state index contributed by atoms with van der Waals surface area (Å²) < 4.78 is 5.45. The zero-order valence-electron chi connectivity index (χ0n) is 13.9. The van der Waals surface area contributed by atoms with E-state index in [1.807, 2.05) is 6.92 Å². The number of morpholine rings is 1. The molecule has 0 aromatic heterocycles. The molecule has 0 bridgehead atoms. The third kappa shape index (κ3) is 3.73. The maximum Gasteiger partial charge on any atom is 0.0872 e. The molecule has 2 rings (SSSR count). The molecule has 20 heavy (non-hydrogen) atoms. The van der Waals surface area contributed by atoms with Crippen molar-refractivity contribution in [1.29, 1.82) is 0 Å². The van der Waals surface area contributed by atoms with Crippen LogP contribution in [0.1, 0.15) is 47.5 Å². The summed E-state index contributed by atoms with van der Waals surface area (Å²) in [4.78, 5) is 4.96.